The first-order valence-electron chi connectivity index (χ1n) is 8.39. The van der Waals surface area contributed by atoms with Crippen molar-refractivity contribution in [1.29, 1.82) is 0 Å². The van der Waals surface area contributed by atoms with Crippen LogP contribution in [-0.2, 0) is 14.4 Å². The third kappa shape index (κ3) is 7.60. The molecule has 1 rings (SSSR count). The second-order valence-electron chi connectivity index (χ2n) is 5.56. The van der Waals surface area contributed by atoms with E-state index in [1.807, 2.05) is 44.3 Å². The molecule has 25 heavy (non-hydrogen) atoms. The SMILES string of the molecule is CCC(CCNC(=O)CCC=O)N(C)/N=C(\NC=O)c1ccccc1. The zero-order chi connectivity index (χ0) is 18.5. The van der Waals surface area contributed by atoms with Gasteiger partial charge in [0.15, 0.2) is 5.84 Å². The van der Waals surface area contributed by atoms with Gasteiger partial charge in [-0.1, -0.05) is 37.3 Å². The Balaban J connectivity index is 2.65. The van der Waals surface area contributed by atoms with Crippen LogP contribution in [0.4, 0.5) is 0 Å². The molecule has 0 aliphatic rings. The highest BCUT2D eigenvalue weighted by Crippen LogP contribution is 2.09. The number of carbonyl (C=O) groups is 3. The Morgan fingerprint density at radius 3 is 2.60 bits per heavy atom. The van der Waals surface area contributed by atoms with Gasteiger partial charge in [0.25, 0.3) is 0 Å². The molecule has 0 bridgehead atoms. The summed E-state index contributed by atoms with van der Waals surface area (Å²) in [5, 5.41) is 11.7. The monoisotopic (exact) mass is 346 g/mol. The second kappa shape index (κ2) is 11.8. The summed E-state index contributed by atoms with van der Waals surface area (Å²) in [5.41, 5.74) is 0.818. The van der Waals surface area contributed by atoms with Crippen molar-refractivity contribution in [2.45, 2.75) is 38.6 Å². The van der Waals surface area contributed by atoms with Crippen molar-refractivity contribution < 1.29 is 14.4 Å². The normalized spacial score (nSPS) is 12.2. The summed E-state index contributed by atoms with van der Waals surface area (Å²) in [7, 11) is 1.85. The summed E-state index contributed by atoms with van der Waals surface area (Å²) in [6.07, 6.45) is 3.36. The average molecular weight is 346 g/mol. The van der Waals surface area contributed by atoms with Gasteiger partial charge in [-0.15, -0.1) is 0 Å². The van der Waals surface area contributed by atoms with E-state index in [0.717, 1.165) is 18.3 Å². The zero-order valence-corrected chi connectivity index (χ0v) is 14.8. The van der Waals surface area contributed by atoms with Gasteiger partial charge in [-0.2, -0.15) is 5.10 Å². The zero-order valence-electron chi connectivity index (χ0n) is 14.8. The van der Waals surface area contributed by atoms with E-state index < -0.39 is 0 Å². The van der Waals surface area contributed by atoms with E-state index >= 15 is 0 Å². The molecule has 0 radical (unpaired) electrons. The number of hydrazone groups is 1. The van der Waals surface area contributed by atoms with E-state index in [0.29, 0.717) is 25.2 Å². The Hall–Kier alpha value is -2.70. The van der Waals surface area contributed by atoms with Gasteiger partial charge in [-0.3, -0.25) is 14.6 Å². The number of rotatable bonds is 11. The molecule has 7 heteroatoms. The van der Waals surface area contributed by atoms with Gasteiger partial charge >= 0.3 is 0 Å². The molecule has 7 nitrogen and oxygen atoms in total. The minimum absolute atomic E-state index is 0.110. The lowest BCUT2D eigenvalue weighted by Crippen LogP contribution is -2.35. The number of aldehydes is 1. The van der Waals surface area contributed by atoms with Crippen LogP contribution >= 0.6 is 0 Å². The molecule has 2 amide bonds. The molecule has 2 N–H and O–H groups in total. The molecule has 0 heterocycles. The van der Waals surface area contributed by atoms with Crippen LogP contribution in [0.3, 0.4) is 0 Å². The van der Waals surface area contributed by atoms with E-state index in [9.17, 15) is 14.4 Å². The molecule has 0 aliphatic heterocycles. The smallest absolute Gasteiger partial charge is 0.220 e. The lowest BCUT2D eigenvalue weighted by molar-refractivity contribution is -0.122. The molecule has 1 aromatic rings. The predicted molar refractivity (Wildman–Crippen MR) is 96.9 cm³/mol. The Kier molecular flexibility index (Phi) is 9.58. The summed E-state index contributed by atoms with van der Waals surface area (Å²) >= 11 is 0. The third-order valence-corrected chi connectivity index (χ3v) is 3.79. The van der Waals surface area contributed by atoms with E-state index in [1.165, 1.54) is 0 Å². The molecular weight excluding hydrogens is 320 g/mol. The Morgan fingerprint density at radius 1 is 1.28 bits per heavy atom. The van der Waals surface area contributed by atoms with Crippen LogP contribution in [0.1, 0.15) is 38.2 Å². The number of nitrogens with one attached hydrogen (secondary N) is 2. The largest absolute Gasteiger partial charge is 0.356 e. The van der Waals surface area contributed by atoms with E-state index in [2.05, 4.69) is 15.7 Å². The van der Waals surface area contributed by atoms with Crippen molar-refractivity contribution >= 4 is 24.4 Å². The highest BCUT2D eigenvalue weighted by atomic mass is 16.2. The van der Waals surface area contributed by atoms with Crippen LogP contribution < -0.4 is 10.6 Å². The molecule has 0 fully saturated rings. The topological polar surface area (TPSA) is 90.9 Å². The van der Waals surface area contributed by atoms with Gasteiger partial charge in [-0.05, 0) is 12.8 Å². The van der Waals surface area contributed by atoms with Crippen molar-refractivity contribution in [3.8, 4) is 0 Å². The summed E-state index contributed by atoms with van der Waals surface area (Å²) in [5.74, 6) is 0.354. The second-order valence-corrected chi connectivity index (χ2v) is 5.56. The maximum absolute atomic E-state index is 11.5. The summed E-state index contributed by atoms with van der Waals surface area (Å²) < 4.78 is 0. The molecule has 0 spiro atoms. The molecular formula is C18H26N4O3. The highest BCUT2D eigenvalue weighted by molar-refractivity contribution is 6.03. The van der Waals surface area contributed by atoms with Crippen LogP contribution in [0, 0.1) is 0 Å². The molecule has 0 aliphatic carbocycles. The molecule has 1 atom stereocenters. The van der Waals surface area contributed by atoms with Gasteiger partial charge in [0.05, 0.1) is 0 Å². The minimum atomic E-state index is -0.124. The molecule has 0 saturated heterocycles. The van der Waals surface area contributed by atoms with Gasteiger partial charge in [0, 0.05) is 38.0 Å². The minimum Gasteiger partial charge on any atom is -0.356 e. The van der Waals surface area contributed by atoms with Crippen LogP contribution in [0.2, 0.25) is 0 Å². The van der Waals surface area contributed by atoms with Gasteiger partial charge < -0.3 is 15.4 Å². The number of amidine groups is 1. The average Bonchev–Trinajstić information content (AvgIpc) is 2.63. The first-order chi connectivity index (χ1) is 12.1. The number of nitrogens with zero attached hydrogens (tertiary/aromatic N) is 2. The maximum atomic E-state index is 11.5. The van der Waals surface area contributed by atoms with Gasteiger partial charge in [0.2, 0.25) is 12.3 Å². The van der Waals surface area contributed by atoms with E-state index in [1.54, 1.807) is 5.01 Å². The third-order valence-electron chi connectivity index (χ3n) is 3.79. The van der Waals surface area contributed by atoms with Crippen LogP contribution in [-0.4, -0.2) is 49.1 Å². The van der Waals surface area contributed by atoms with Crippen molar-refractivity contribution in [2.24, 2.45) is 5.10 Å². The number of hydrogen-bond donors (Lipinski definition) is 2. The van der Waals surface area contributed by atoms with Crippen molar-refractivity contribution in [3.63, 3.8) is 0 Å². The first-order valence-corrected chi connectivity index (χ1v) is 8.39. The number of hydrogen-bond acceptors (Lipinski definition) is 5. The van der Waals surface area contributed by atoms with Gasteiger partial charge in [0.1, 0.15) is 6.29 Å². The molecule has 1 unspecified atom stereocenters. The lowest BCUT2D eigenvalue weighted by atomic mass is 10.1. The maximum Gasteiger partial charge on any atom is 0.220 e. The van der Waals surface area contributed by atoms with Crippen LogP contribution in [0.5, 0.6) is 0 Å². The first kappa shape index (κ1) is 20.3. The summed E-state index contributed by atoms with van der Waals surface area (Å²) in [6.45, 7) is 2.55. The lowest BCUT2D eigenvalue weighted by Gasteiger charge is -2.25. The Labute approximate surface area is 148 Å². The molecule has 136 valence electrons. The fraction of sp³-hybridized carbons (Fsp3) is 0.444. The fourth-order valence-corrected chi connectivity index (χ4v) is 2.37. The predicted octanol–water partition coefficient (Wildman–Crippen LogP) is 1.29. The molecule has 1 aromatic carbocycles. The van der Waals surface area contributed by atoms with Crippen molar-refractivity contribution in [1.82, 2.24) is 15.6 Å². The van der Waals surface area contributed by atoms with Crippen molar-refractivity contribution in [2.75, 3.05) is 13.6 Å². The van der Waals surface area contributed by atoms with Crippen LogP contribution in [0.15, 0.2) is 35.4 Å². The van der Waals surface area contributed by atoms with Crippen molar-refractivity contribution in [3.05, 3.63) is 35.9 Å². The van der Waals surface area contributed by atoms with Gasteiger partial charge in [-0.25, -0.2) is 0 Å². The highest BCUT2D eigenvalue weighted by Gasteiger charge is 2.13. The standard InChI is InChI=1S/C18H26N4O3/c1-3-16(11-12-19-17(25)10-7-13-23)22(2)21-18(20-14-24)15-8-5-4-6-9-15/h4-6,8-9,13-14,16H,3,7,10-12H2,1-2H3,(H,19,25)(H,20,21,24). The van der Waals surface area contributed by atoms with E-state index in [4.69, 9.17) is 0 Å². The Bertz CT molecular complexity index is 575. The number of carbonyl (C=O) groups excluding carboxylic acids is 3. The molecule has 0 saturated carbocycles. The number of benzene rings is 1. The number of amides is 2. The van der Waals surface area contributed by atoms with E-state index in [-0.39, 0.29) is 24.8 Å². The fourth-order valence-electron chi connectivity index (χ4n) is 2.37. The van der Waals surface area contributed by atoms with Crippen LogP contribution in [0.25, 0.3) is 0 Å². The molecule has 0 aromatic heterocycles. The summed E-state index contributed by atoms with van der Waals surface area (Å²) in [4.78, 5) is 32.7. The summed E-state index contributed by atoms with van der Waals surface area (Å²) in [6, 6.07) is 9.51. The quantitative estimate of drug-likeness (QED) is 0.273. The Morgan fingerprint density at radius 2 is 2.00 bits per heavy atom.